The Bertz CT molecular complexity index is 320. The van der Waals surface area contributed by atoms with Crippen LogP contribution >= 0.6 is 0 Å². The van der Waals surface area contributed by atoms with Gasteiger partial charge in [-0.1, -0.05) is 25.2 Å². The minimum atomic E-state index is 1.10. The molecular weight excluding hydrogens is 170 g/mol. The van der Waals surface area contributed by atoms with E-state index in [-0.39, 0.29) is 0 Å². The lowest BCUT2D eigenvalue weighted by Crippen LogP contribution is -2.18. The molecule has 0 aromatic rings. The van der Waals surface area contributed by atoms with Crippen molar-refractivity contribution in [1.82, 2.24) is 4.90 Å². The minimum Gasteiger partial charge on any atom is -0.367 e. The van der Waals surface area contributed by atoms with Crippen LogP contribution in [0.1, 0.15) is 33.1 Å². The van der Waals surface area contributed by atoms with Crippen molar-refractivity contribution in [3.8, 4) is 0 Å². The zero-order valence-corrected chi connectivity index (χ0v) is 9.27. The van der Waals surface area contributed by atoms with Crippen LogP contribution in [0.2, 0.25) is 0 Å². The first kappa shape index (κ1) is 9.57. The molecule has 14 heavy (non-hydrogen) atoms. The maximum atomic E-state index is 4.20. The van der Waals surface area contributed by atoms with Gasteiger partial charge in [-0.2, -0.15) is 0 Å². The molecule has 0 unspecified atom stereocenters. The smallest absolute Gasteiger partial charge is 0.0435 e. The molecule has 0 N–H and O–H groups in total. The fourth-order valence-corrected chi connectivity index (χ4v) is 2.39. The number of hydrogen-bond donors (Lipinski definition) is 0. The number of allylic oxidation sites excluding steroid dienone is 3. The molecule has 0 spiro atoms. The second-order valence-electron chi connectivity index (χ2n) is 4.28. The van der Waals surface area contributed by atoms with Gasteiger partial charge >= 0.3 is 0 Å². The van der Waals surface area contributed by atoms with Gasteiger partial charge in [-0.05, 0) is 37.3 Å². The minimum absolute atomic E-state index is 1.10. The molecule has 1 aliphatic carbocycles. The molecule has 1 aliphatic heterocycles. The second-order valence-corrected chi connectivity index (χ2v) is 4.28. The molecule has 0 radical (unpaired) electrons. The van der Waals surface area contributed by atoms with E-state index >= 15 is 0 Å². The number of hydrogen-bond acceptors (Lipinski definition) is 1. The quantitative estimate of drug-likeness (QED) is 0.644. The summed E-state index contributed by atoms with van der Waals surface area (Å²) in [5, 5.41) is 0. The van der Waals surface area contributed by atoms with Crippen molar-refractivity contribution >= 4 is 0 Å². The largest absolute Gasteiger partial charge is 0.367 e. The Labute approximate surface area is 86.8 Å². The molecule has 0 amide bonds. The number of nitrogens with zero attached hydrogens (tertiary/aromatic N) is 1. The van der Waals surface area contributed by atoms with Crippen LogP contribution in [-0.4, -0.2) is 18.0 Å². The standard InChI is InChI=1S/C13H19N/c1-4-8-14-9-13-10(2)6-5-7-12(13)11(14)3/h7H,3-6,8-9H2,1-2H3. The highest BCUT2D eigenvalue weighted by Gasteiger charge is 2.27. The van der Waals surface area contributed by atoms with Gasteiger partial charge in [0.2, 0.25) is 0 Å². The third-order valence-corrected chi connectivity index (χ3v) is 3.24. The summed E-state index contributed by atoms with van der Waals surface area (Å²) < 4.78 is 0. The van der Waals surface area contributed by atoms with Gasteiger partial charge in [0.25, 0.3) is 0 Å². The molecule has 1 nitrogen and oxygen atoms in total. The molecule has 1 saturated heterocycles. The van der Waals surface area contributed by atoms with E-state index in [9.17, 15) is 0 Å². The van der Waals surface area contributed by atoms with Crippen LogP contribution in [0.25, 0.3) is 0 Å². The van der Waals surface area contributed by atoms with E-state index in [4.69, 9.17) is 0 Å². The van der Waals surface area contributed by atoms with Gasteiger partial charge in [-0.15, -0.1) is 0 Å². The van der Waals surface area contributed by atoms with Crippen molar-refractivity contribution in [3.05, 3.63) is 35.1 Å². The molecule has 76 valence electrons. The molecule has 2 rings (SSSR count). The number of fused-ring (bicyclic) bond motifs is 1. The van der Waals surface area contributed by atoms with E-state index in [1.165, 1.54) is 30.5 Å². The maximum absolute atomic E-state index is 4.20. The highest BCUT2D eigenvalue weighted by Crippen LogP contribution is 2.37. The van der Waals surface area contributed by atoms with E-state index in [2.05, 4.69) is 31.4 Å². The molecule has 0 aromatic heterocycles. The van der Waals surface area contributed by atoms with E-state index in [0.717, 1.165) is 13.1 Å². The first-order valence-corrected chi connectivity index (χ1v) is 5.57. The van der Waals surface area contributed by atoms with Crippen molar-refractivity contribution in [2.24, 2.45) is 0 Å². The predicted octanol–water partition coefficient (Wildman–Crippen LogP) is 3.26. The molecule has 1 heteroatoms. The van der Waals surface area contributed by atoms with Crippen LogP contribution in [0.5, 0.6) is 0 Å². The summed E-state index contributed by atoms with van der Waals surface area (Å²) in [7, 11) is 0. The summed E-state index contributed by atoms with van der Waals surface area (Å²) in [4.78, 5) is 2.41. The van der Waals surface area contributed by atoms with E-state index in [1.807, 2.05) is 0 Å². The summed E-state index contributed by atoms with van der Waals surface area (Å²) in [6.45, 7) is 10.9. The molecule has 0 aromatic carbocycles. The highest BCUT2D eigenvalue weighted by molar-refractivity contribution is 5.54. The van der Waals surface area contributed by atoms with E-state index in [0.29, 0.717) is 0 Å². The van der Waals surface area contributed by atoms with Gasteiger partial charge in [-0.25, -0.2) is 0 Å². The van der Waals surface area contributed by atoms with E-state index < -0.39 is 0 Å². The fourth-order valence-electron chi connectivity index (χ4n) is 2.39. The number of likely N-dealkylation sites (tertiary alicyclic amines) is 1. The van der Waals surface area contributed by atoms with Gasteiger partial charge in [0, 0.05) is 18.8 Å². The summed E-state index contributed by atoms with van der Waals surface area (Å²) in [6.07, 6.45) is 6.01. The third-order valence-electron chi connectivity index (χ3n) is 3.24. The maximum Gasteiger partial charge on any atom is 0.0435 e. The Hall–Kier alpha value is -0.980. The summed E-state index contributed by atoms with van der Waals surface area (Å²) >= 11 is 0. The Kier molecular flexibility index (Phi) is 2.49. The van der Waals surface area contributed by atoms with Gasteiger partial charge in [0.1, 0.15) is 0 Å². The van der Waals surface area contributed by atoms with Crippen molar-refractivity contribution in [2.45, 2.75) is 33.1 Å². The molecule has 0 atom stereocenters. The van der Waals surface area contributed by atoms with Gasteiger partial charge in [-0.3, -0.25) is 0 Å². The van der Waals surface area contributed by atoms with Crippen LogP contribution in [0.3, 0.4) is 0 Å². The van der Waals surface area contributed by atoms with E-state index in [1.54, 1.807) is 11.1 Å². The molecule has 0 saturated carbocycles. The van der Waals surface area contributed by atoms with Gasteiger partial charge < -0.3 is 4.90 Å². The van der Waals surface area contributed by atoms with Crippen LogP contribution in [0.15, 0.2) is 35.1 Å². The van der Waals surface area contributed by atoms with Crippen LogP contribution in [0, 0.1) is 0 Å². The Morgan fingerprint density at radius 2 is 2.29 bits per heavy atom. The summed E-state index contributed by atoms with van der Waals surface area (Å²) in [6, 6.07) is 0. The van der Waals surface area contributed by atoms with Crippen molar-refractivity contribution < 1.29 is 0 Å². The zero-order valence-electron chi connectivity index (χ0n) is 9.27. The Morgan fingerprint density at radius 3 is 2.93 bits per heavy atom. The lowest BCUT2D eigenvalue weighted by atomic mass is 9.93. The molecule has 0 bridgehead atoms. The zero-order chi connectivity index (χ0) is 10.1. The Morgan fingerprint density at radius 1 is 1.50 bits per heavy atom. The summed E-state index contributed by atoms with van der Waals surface area (Å²) in [5.41, 5.74) is 5.81. The lowest BCUT2D eigenvalue weighted by Gasteiger charge is -2.16. The fraction of sp³-hybridized carbons (Fsp3) is 0.538. The molecule has 2 aliphatic rings. The van der Waals surface area contributed by atoms with Crippen LogP contribution < -0.4 is 0 Å². The van der Waals surface area contributed by atoms with Crippen LogP contribution in [0.4, 0.5) is 0 Å². The topological polar surface area (TPSA) is 3.24 Å². The van der Waals surface area contributed by atoms with Crippen molar-refractivity contribution in [3.63, 3.8) is 0 Å². The normalized spacial score (nSPS) is 21.4. The second kappa shape index (κ2) is 3.64. The first-order valence-electron chi connectivity index (χ1n) is 5.57. The average Bonchev–Trinajstić information content (AvgIpc) is 2.48. The van der Waals surface area contributed by atoms with Gasteiger partial charge in [0.15, 0.2) is 0 Å². The Balaban J connectivity index is 2.27. The summed E-state index contributed by atoms with van der Waals surface area (Å²) in [5.74, 6) is 0. The van der Waals surface area contributed by atoms with Crippen LogP contribution in [-0.2, 0) is 0 Å². The van der Waals surface area contributed by atoms with Crippen molar-refractivity contribution in [1.29, 1.82) is 0 Å². The molecular formula is C13H19N. The first-order chi connectivity index (χ1) is 6.74. The van der Waals surface area contributed by atoms with Gasteiger partial charge in [0.05, 0.1) is 0 Å². The lowest BCUT2D eigenvalue weighted by molar-refractivity contribution is 0.408. The average molecular weight is 189 g/mol. The number of rotatable bonds is 2. The third kappa shape index (κ3) is 1.41. The predicted molar refractivity (Wildman–Crippen MR) is 61.0 cm³/mol. The molecule has 1 heterocycles. The SMILES string of the molecule is C=C1C2=CCCC(C)=C2CN1CCC. The monoisotopic (exact) mass is 189 g/mol. The molecule has 1 fully saturated rings. The highest BCUT2D eigenvalue weighted by atomic mass is 15.2. The van der Waals surface area contributed by atoms with Crippen molar-refractivity contribution in [2.75, 3.05) is 13.1 Å².